The smallest absolute Gasteiger partial charge is 0.404 e. The van der Waals surface area contributed by atoms with Crippen molar-refractivity contribution < 1.29 is 28.0 Å². The van der Waals surface area contributed by atoms with Crippen molar-refractivity contribution in [2.75, 3.05) is 6.61 Å². The first-order chi connectivity index (χ1) is 15.2. The van der Waals surface area contributed by atoms with E-state index < -0.39 is 43.6 Å². The third kappa shape index (κ3) is 4.65. The van der Waals surface area contributed by atoms with Crippen LogP contribution in [-0.2, 0) is 18.3 Å². The third-order valence-electron chi connectivity index (χ3n) is 5.07. The summed E-state index contributed by atoms with van der Waals surface area (Å²) in [6, 6.07) is 4.93. The zero-order valence-electron chi connectivity index (χ0n) is 16.6. The fraction of sp³-hybridized carbons (Fsp3) is 0.368. The Labute approximate surface area is 195 Å². The lowest BCUT2D eigenvalue weighted by Gasteiger charge is -2.30. The van der Waals surface area contributed by atoms with Gasteiger partial charge in [-0.3, -0.25) is 23.4 Å². The number of aliphatic hydroxyl groups is 1. The van der Waals surface area contributed by atoms with Crippen LogP contribution in [0.25, 0.3) is 6.08 Å². The molecule has 5 atom stereocenters. The second kappa shape index (κ2) is 9.26. The number of H-pyrrole nitrogens is 1. The highest BCUT2D eigenvalue weighted by molar-refractivity contribution is 9.11. The molecule has 0 amide bonds. The van der Waals surface area contributed by atoms with E-state index in [0.717, 1.165) is 0 Å². The maximum atomic E-state index is 13.0. The number of phosphoric acid groups is 1. The summed E-state index contributed by atoms with van der Waals surface area (Å²) in [5.74, 6) is 0.289. The standard InChI is InChI=1S/C19H19BrClN2O8P/c1-10-17-12(21)3-2-4-14(17)31-32(27,30-10)28-9-15-13(24)7-16(29-15)23-8-11(5-6-20)18(25)22-19(23)26/h2-6,8,10,13,15-16,24H,7,9H2,1H3,(H,22,25,26)/b6-5+/t10?,13-,15+,16+,32?/m0/s1. The normalized spacial score (nSPS) is 29.8. The van der Waals surface area contributed by atoms with Crippen molar-refractivity contribution in [2.24, 2.45) is 0 Å². The van der Waals surface area contributed by atoms with Gasteiger partial charge in [0, 0.05) is 18.2 Å². The molecule has 1 aromatic carbocycles. The van der Waals surface area contributed by atoms with E-state index >= 15 is 0 Å². The molecule has 10 nitrogen and oxygen atoms in total. The van der Waals surface area contributed by atoms with Gasteiger partial charge in [-0.1, -0.05) is 33.6 Å². The number of nitrogens with one attached hydrogen (secondary N) is 1. The van der Waals surface area contributed by atoms with Crippen LogP contribution in [0.4, 0.5) is 0 Å². The van der Waals surface area contributed by atoms with Crippen molar-refractivity contribution in [3.05, 3.63) is 66.4 Å². The summed E-state index contributed by atoms with van der Waals surface area (Å²) in [6.45, 7) is 1.35. The molecule has 2 N–H and O–H groups in total. The highest BCUT2D eigenvalue weighted by Crippen LogP contribution is 2.59. The zero-order chi connectivity index (χ0) is 23.0. The number of phosphoric ester groups is 1. The van der Waals surface area contributed by atoms with Gasteiger partial charge in [0.15, 0.2) is 0 Å². The fourth-order valence-electron chi connectivity index (χ4n) is 3.54. The number of hydrogen-bond acceptors (Lipinski definition) is 8. The van der Waals surface area contributed by atoms with Crippen molar-refractivity contribution in [1.82, 2.24) is 9.55 Å². The maximum Gasteiger partial charge on any atom is 0.530 e. The van der Waals surface area contributed by atoms with Gasteiger partial charge in [0.2, 0.25) is 0 Å². The molecule has 172 valence electrons. The Morgan fingerprint density at radius 3 is 2.97 bits per heavy atom. The molecule has 0 radical (unpaired) electrons. The fourth-order valence-corrected chi connectivity index (χ4v) is 5.52. The largest absolute Gasteiger partial charge is 0.530 e. The Bertz CT molecular complexity index is 1210. The van der Waals surface area contributed by atoms with Gasteiger partial charge in [-0.05, 0) is 30.1 Å². The van der Waals surface area contributed by atoms with Gasteiger partial charge < -0.3 is 14.4 Å². The van der Waals surface area contributed by atoms with Crippen LogP contribution in [0.1, 0.15) is 36.8 Å². The van der Waals surface area contributed by atoms with Crippen molar-refractivity contribution >= 4 is 41.4 Å². The Kier molecular flexibility index (Phi) is 6.78. The first-order valence-electron chi connectivity index (χ1n) is 9.57. The number of benzene rings is 1. The monoisotopic (exact) mass is 548 g/mol. The minimum absolute atomic E-state index is 0.0539. The molecule has 4 rings (SSSR count). The van der Waals surface area contributed by atoms with Crippen molar-refractivity contribution in [1.29, 1.82) is 0 Å². The van der Waals surface area contributed by atoms with E-state index in [1.54, 1.807) is 25.1 Å². The van der Waals surface area contributed by atoms with Crippen molar-refractivity contribution in [2.45, 2.75) is 37.9 Å². The van der Waals surface area contributed by atoms with Crippen molar-refractivity contribution in [3.8, 4) is 5.75 Å². The molecule has 2 unspecified atom stereocenters. The molecule has 3 heterocycles. The van der Waals surface area contributed by atoms with E-state index in [-0.39, 0.29) is 24.3 Å². The van der Waals surface area contributed by atoms with Crippen LogP contribution in [0.3, 0.4) is 0 Å². The Morgan fingerprint density at radius 2 is 2.22 bits per heavy atom. The van der Waals surface area contributed by atoms with Gasteiger partial charge in [-0.15, -0.1) is 0 Å². The molecular weight excluding hydrogens is 531 g/mol. The zero-order valence-corrected chi connectivity index (χ0v) is 19.9. The van der Waals surface area contributed by atoms with Gasteiger partial charge in [-0.2, -0.15) is 0 Å². The highest BCUT2D eigenvalue weighted by atomic mass is 79.9. The highest BCUT2D eigenvalue weighted by Gasteiger charge is 2.42. The van der Waals surface area contributed by atoms with Gasteiger partial charge in [0.05, 0.1) is 29.4 Å². The average Bonchev–Trinajstić information content (AvgIpc) is 3.08. The Morgan fingerprint density at radius 1 is 1.44 bits per heavy atom. The second-order valence-corrected chi connectivity index (χ2v) is 9.69. The molecule has 13 heteroatoms. The molecule has 1 aromatic heterocycles. The van der Waals surface area contributed by atoms with E-state index in [0.29, 0.717) is 10.6 Å². The molecule has 0 saturated carbocycles. The van der Waals surface area contributed by atoms with Crippen LogP contribution >= 0.6 is 35.4 Å². The number of aromatic nitrogens is 2. The summed E-state index contributed by atoms with van der Waals surface area (Å²) in [7, 11) is -4.01. The minimum Gasteiger partial charge on any atom is -0.404 e. The molecule has 0 aliphatic carbocycles. The number of rotatable bonds is 5. The molecule has 2 aromatic rings. The van der Waals surface area contributed by atoms with E-state index in [1.165, 1.54) is 21.8 Å². The average molecular weight is 550 g/mol. The number of aliphatic hydroxyl groups excluding tert-OH is 1. The summed E-state index contributed by atoms with van der Waals surface area (Å²) in [6.07, 6.45) is -0.586. The summed E-state index contributed by atoms with van der Waals surface area (Å²) < 4.78 is 36.2. The van der Waals surface area contributed by atoms with Crippen LogP contribution in [0, 0.1) is 0 Å². The van der Waals surface area contributed by atoms with Crippen molar-refractivity contribution in [3.63, 3.8) is 0 Å². The van der Waals surface area contributed by atoms with E-state index in [9.17, 15) is 19.3 Å². The number of ether oxygens (including phenoxy) is 1. The SMILES string of the molecule is CC1OP(=O)(OC[C@H]2O[C@@H](n3cc(/C=C/Br)c(=O)[nH]c3=O)C[C@@H]2O)Oc2cccc(Cl)c21. The van der Waals surface area contributed by atoms with Crippen LogP contribution in [-0.4, -0.2) is 33.5 Å². The molecular formula is C19H19BrClN2O8P. The van der Waals surface area contributed by atoms with Crippen LogP contribution in [0.5, 0.6) is 5.75 Å². The third-order valence-corrected chi connectivity index (χ3v) is 7.12. The van der Waals surface area contributed by atoms with E-state index in [4.69, 9.17) is 29.9 Å². The van der Waals surface area contributed by atoms with Gasteiger partial charge >= 0.3 is 13.5 Å². The summed E-state index contributed by atoms with van der Waals surface area (Å²) in [5, 5.41) is 10.8. The topological polar surface area (TPSA) is 129 Å². The molecule has 0 bridgehead atoms. The second-order valence-electron chi connectivity index (χ2n) is 7.21. The van der Waals surface area contributed by atoms with Gasteiger partial charge in [0.25, 0.3) is 5.56 Å². The molecule has 2 aliphatic heterocycles. The summed E-state index contributed by atoms with van der Waals surface area (Å²) in [5.41, 5.74) is -0.458. The molecule has 32 heavy (non-hydrogen) atoms. The number of halogens is 2. The molecule has 1 saturated heterocycles. The quantitative estimate of drug-likeness (QED) is 0.542. The summed E-state index contributed by atoms with van der Waals surface area (Å²) >= 11 is 9.24. The predicted octanol–water partition coefficient (Wildman–Crippen LogP) is 3.50. The number of aromatic amines is 1. The first kappa shape index (κ1) is 23.4. The molecule has 2 aliphatic rings. The lowest BCUT2D eigenvalue weighted by atomic mass is 10.1. The maximum absolute atomic E-state index is 13.0. The van der Waals surface area contributed by atoms with Gasteiger partial charge in [-0.25, -0.2) is 9.36 Å². The van der Waals surface area contributed by atoms with Crippen LogP contribution in [0.15, 0.2) is 39.0 Å². The first-order valence-corrected chi connectivity index (χ1v) is 12.3. The number of fused-ring (bicyclic) bond motifs is 1. The lowest BCUT2D eigenvalue weighted by Crippen LogP contribution is -2.33. The molecule has 1 fully saturated rings. The lowest BCUT2D eigenvalue weighted by molar-refractivity contribution is -0.0481. The minimum atomic E-state index is -4.01. The van der Waals surface area contributed by atoms with E-state index in [1.807, 2.05) is 0 Å². The Hall–Kier alpha value is -1.72. The van der Waals surface area contributed by atoms with Crippen LogP contribution in [0.2, 0.25) is 5.02 Å². The van der Waals surface area contributed by atoms with Crippen LogP contribution < -0.4 is 15.8 Å². The predicted molar refractivity (Wildman–Crippen MR) is 119 cm³/mol. The Balaban J connectivity index is 1.47. The molecule has 0 spiro atoms. The van der Waals surface area contributed by atoms with Gasteiger partial charge in [0.1, 0.15) is 18.1 Å². The summed E-state index contributed by atoms with van der Waals surface area (Å²) in [4.78, 5) is 27.7. The number of hydrogen-bond donors (Lipinski definition) is 2. The van der Waals surface area contributed by atoms with E-state index in [2.05, 4.69) is 20.9 Å². The number of nitrogens with zero attached hydrogens (tertiary/aromatic N) is 1.